The molecule has 0 radical (unpaired) electrons. The molecule has 0 unspecified atom stereocenters. The van der Waals surface area contributed by atoms with Crippen molar-refractivity contribution in [3.8, 4) is 5.75 Å². The zero-order valence-electron chi connectivity index (χ0n) is 18.3. The second-order valence-corrected chi connectivity index (χ2v) is 8.55. The third-order valence-electron chi connectivity index (χ3n) is 6.56. The number of piperidine rings is 1. The molecule has 0 saturated carbocycles. The van der Waals surface area contributed by atoms with Crippen LogP contribution in [-0.2, 0) is 16.8 Å². The van der Waals surface area contributed by atoms with Crippen LogP contribution >= 0.6 is 0 Å². The minimum Gasteiger partial charge on any atom is -0.496 e. The highest BCUT2D eigenvalue weighted by Crippen LogP contribution is 2.38. The number of carbonyl (C=O) groups is 2. The highest BCUT2D eigenvalue weighted by atomic mass is 16.5. The summed E-state index contributed by atoms with van der Waals surface area (Å²) in [5, 5.41) is 11.2. The number of fused-ring (bicyclic) bond motifs is 1. The van der Waals surface area contributed by atoms with Gasteiger partial charge in [-0.1, -0.05) is 18.2 Å². The number of carbonyl (C=O) groups excluding carboxylic acids is 2. The zero-order valence-corrected chi connectivity index (χ0v) is 18.3. The van der Waals surface area contributed by atoms with Crippen LogP contribution in [0.1, 0.15) is 47.7 Å². The Morgan fingerprint density at radius 1 is 1.10 bits per heavy atom. The maximum absolute atomic E-state index is 12.9. The maximum Gasteiger partial charge on any atom is 0.223 e. The Morgan fingerprint density at radius 2 is 1.84 bits per heavy atom. The van der Waals surface area contributed by atoms with Crippen LogP contribution in [0.5, 0.6) is 5.75 Å². The van der Waals surface area contributed by atoms with E-state index in [0.717, 1.165) is 36.2 Å². The van der Waals surface area contributed by atoms with E-state index in [0.29, 0.717) is 43.8 Å². The summed E-state index contributed by atoms with van der Waals surface area (Å²) in [4.78, 5) is 28.7. The lowest BCUT2D eigenvalue weighted by molar-refractivity contribution is -0.116. The second kappa shape index (κ2) is 8.81. The van der Waals surface area contributed by atoms with Crippen molar-refractivity contribution in [2.24, 2.45) is 0 Å². The van der Waals surface area contributed by atoms with Crippen molar-refractivity contribution in [1.82, 2.24) is 4.90 Å². The summed E-state index contributed by atoms with van der Waals surface area (Å²) in [6.45, 7) is 3.93. The van der Waals surface area contributed by atoms with Gasteiger partial charge in [0.05, 0.1) is 19.3 Å². The Balaban J connectivity index is 1.41. The second-order valence-electron chi connectivity index (χ2n) is 8.55. The number of methoxy groups -OCH3 is 1. The van der Waals surface area contributed by atoms with Crippen molar-refractivity contribution in [1.29, 1.82) is 0 Å². The Morgan fingerprint density at radius 3 is 2.55 bits per heavy atom. The maximum atomic E-state index is 12.9. The van der Waals surface area contributed by atoms with Gasteiger partial charge in [0, 0.05) is 43.4 Å². The van der Waals surface area contributed by atoms with Gasteiger partial charge in [0.2, 0.25) is 5.91 Å². The first-order valence-corrected chi connectivity index (χ1v) is 10.9. The van der Waals surface area contributed by atoms with Gasteiger partial charge in [0.25, 0.3) is 0 Å². The van der Waals surface area contributed by atoms with E-state index in [9.17, 15) is 14.7 Å². The van der Waals surface area contributed by atoms with Gasteiger partial charge in [-0.25, -0.2) is 0 Å². The van der Waals surface area contributed by atoms with Crippen LogP contribution in [0.4, 0.5) is 5.69 Å². The molecule has 4 rings (SSSR count). The molecule has 6 nitrogen and oxygen atoms in total. The molecule has 31 heavy (non-hydrogen) atoms. The summed E-state index contributed by atoms with van der Waals surface area (Å²) in [7, 11) is 1.62. The third-order valence-corrected chi connectivity index (χ3v) is 6.56. The van der Waals surface area contributed by atoms with Crippen LogP contribution in [0.2, 0.25) is 0 Å². The van der Waals surface area contributed by atoms with E-state index in [2.05, 4.69) is 4.90 Å². The SMILES string of the molecule is COc1ccccc1C1(O)CCN(CC(=O)c2ccc3c(c2)CCCN3C(C)=O)CC1. The van der Waals surface area contributed by atoms with E-state index in [-0.39, 0.29) is 11.7 Å². The summed E-state index contributed by atoms with van der Waals surface area (Å²) >= 11 is 0. The van der Waals surface area contributed by atoms with Gasteiger partial charge in [0.15, 0.2) is 5.78 Å². The Hall–Kier alpha value is -2.70. The Labute approximate surface area is 183 Å². The van der Waals surface area contributed by atoms with Crippen LogP contribution in [-0.4, -0.2) is 55.0 Å². The van der Waals surface area contributed by atoms with Crippen molar-refractivity contribution >= 4 is 17.4 Å². The minimum absolute atomic E-state index is 0.0378. The average Bonchev–Trinajstić information content (AvgIpc) is 2.79. The van der Waals surface area contributed by atoms with Crippen LogP contribution in [0.15, 0.2) is 42.5 Å². The van der Waals surface area contributed by atoms with Crippen molar-refractivity contribution in [3.05, 3.63) is 59.2 Å². The molecule has 0 aliphatic carbocycles. The molecule has 0 bridgehead atoms. The topological polar surface area (TPSA) is 70.1 Å². The monoisotopic (exact) mass is 422 g/mol. The molecule has 1 amide bonds. The summed E-state index contributed by atoms with van der Waals surface area (Å²) < 4.78 is 5.43. The molecular formula is C25H30N2O4. The fourth-order valence-corrected chi connectivity index (χ4v) is 4.77. The first-order valence-electron chi connectivity index (χ1n) is 10.9. The number of hydrogen-bond donors (Lipinski definition) is 1. The van der Waals surface area contributed by atoms with Crippen LogP contribution in [0, 0.1) is 0 Å². The molecule has 2 heterocycles. The summed E-state index contributed by atoms with van der Waals surface area (Å²) in [6, 6.07) is 13.3. The quantitative estimate of drug-likeness (QED) is 0.750. The molecule has 1 fully saturated rings. The largest absolute Gasteiger partial charge is 0.496 e. The molecule has 0 atom stereocenters. The van der Waals surface area contributed by atoms with E-state index in [1.165, 1.54) is 0 Å². The first-order chi connectivity index (χ1) is 14.9. The van der Waals surface area contributed by atoms with E-state index in [1.807, 2.05) is 42.5 Å². The zero-order chi connectivity index (χ0) is 22.0. The molecule has 1 N–H and O–H groups in total. The molecule has 0 aromatic heterocycles. The molecular weight excluding hydrogens is 392 g/mol. The number of benzene rings is 2. The van der Waals surface area contributed by atoms with Crippen molar-refractivity contribution in [2.75, 3.05) is 38.2 Å². The predicted molar refractivity (Wildman–Crippen MR) is 120 cm³/mol. The molecule has 2 aliphatic rings. The fourth-order valence-electron chi connectivity index (χ4n) is 4.77. The van der Waals surface area contributed by atoms with Crippen LogP contribution < -0.4 is 9.64 Å². The van der Waals surface area contributed by atoms with Gasteiger partial charge in [0.1, 0.15) is 5.75 Å². The average molecular weight is 423 g/mol. The highest BCUT2D eigenvalue weighted by molar-refractivity contribution is 5.99. The number of likely N-dealkylation sites (tertiary alicyclic amines) is 1. The molecule has 2 aromatic carbocycles. The number of rotatable bonds is 5. The number of ether oxygens (including phenoxy) is 1. The Bertz CT molecular complexity index is 979. The molecule has 6 heteroatoms. The number of anilines is 1. The number of nitrogens with zero attached hydrogens (tertiary/aromatic N) is 2. The number of amides is 1. The van der Waals surface area contributed by atoms with Gasteiger partial charge in [-0.15, -0.1) is 0 Å². The smallest absolute Gasteiger partial charge is 0.223 e. The minimum atomic E-state index is -0.936. The molecule has 2 aromatic rings. The standard InChI is InChI=1S/C25H30N2O4/c1-18(28)27-13-5-6-19-16-20(9-10-22(19)27)23(29)17-26-14-11-25(30,12-15-26)21-7-3-4-8-24(21)31-2/h3-4,7-10,16,30H,5-6,11-15,17H2,1-2H3. The predicted octanol–water partition coefficient (Wildman–Crippen LogP) is 3.16. The lowest BCUT2D eigenvalue weighted by Gasteiger charge is -2.38. The fraction of sp³-hybridized carbons (Fsp3) is 0.440. The van der Waals surface area contributed by atoms with Crippen molar-refractivity contribution in [2.45, 2.75) is 38.2 Å². The highest BCUT2D eigenvalue weighted by Gasteiger charge is 2.36. The number of para-hydroxylation sites is 1. The van der Waals surface area contributed by atoms with Crippen molar-refractivity contribution < 1.29 is 19.4 Å². The molecule has 1 saturated heterocycles. The molecule has 2 aliphatic heterocycles. The van der Waals surface area contributed by atoms with E-state index >= 15 is 0 Å². The van der Waals surface area contributed by atoms with Gasteiger partial charge in [-0.05, 0) is 55.5 Å². The number of ketones is 1. The third kappa shape index (κ3) is 4.36. The molecule has 164 valence electrons. The van der Waals surface area contributed by atoms with Crippen LogP contribution in [0.3, 0.4) is 0 Å². The van der Waals surface area contributed by atoms with Crippen LogP contribution in [0.25, 0.3) is 0 Å². The van der Waals surface area contributed by atoms with Gasteiger partial charge in [-0.2, -0.15) is 0 Å². The lowest BCUT2D eigenvalue weighted by atomic mass is 9.83. The summed E-state index contributed by atoms with van der Waals surface area (Å²) in [5.41, 5.74) is 2.56. The van der Waals surface area contributed by atoms with Crippen molar-refractivity contribution in [3.63, 3.8) is 0 Å². The lowest BCUT2D eigenvalue weighted by Crippen LogP contribution is -2.44. The van der Waals surface area contributed by atoms with E-state index in [1.54, 1.807) is 18.9 Å². The van der Waals surface area contributed by atoms with Gasteiger partial charge in [-0.3, -0.25) is 14.5 Å². The number of aliphatic hydroxyl groups is 1. The van der Waals surface area contributed by atoms with Gasteiger partial charge >= 0.3 is 0 Å². The van der Waals surface area contributed by atoms with E-state index in [4.69, 9.17) is 4.74 Å². The molecule has 0 spiro atoms. The Kier molecular flexibility index (Phi) is 6.12. The number of aryl methyl sites for hydroxylation is 1. The summed E-state index contributed by atoms with van der Waals surface area (Å²) in [6.07, 6.45) is 2.91. The first kappa shape index (κ1) is 21.5. The van der Waals surface area contributed by atoms with Gasteiger partial charge < -0.3 is 14.7 Å². The normalized spacial score (nSPS) is 18.4. The van der Waals surface area contributed by atoms with E-state index < -0.39 is 5.60 Å². The number of Topliss-reactive ketones (excluding diaryl/α,β-unsaturated/α-hetero) is 1. The number of hydrogen-bond acceptors (Lipinski definition) is 5. The summed E-state index contributed by atoms with van der Waals surface area (Å²) in [5.74, 6) is 0.810.